The Labute approximate surface area is 115 Å². The van der Waals surface area contributed by atoms with Gasteiger partial charge in [0.25, 0.3) is 0 Å². The first-order valence-electron chi connectivity index (χ1n) is 6.00. The number of anilines is 1. The summed E-state index contributed by atoms with van der Waals surface area (Å²) < 4.78 is 0. The minimum absolute atomic E-state index is 0. The molecule has 1 rings (SSSR count). The van der Waals surface area contributed by atoms with Crippen LogP contribution in [0.5, 0.6) is 0 Å². The number of nitrogens with zero attached hydrogens (tertiary/aromatic N) is 1. The molecule has 1 amide bonds. The molecule has 0 fully saturated rings. The van der Waals surface area contributed by atoms with Crippen LogP contribution < -0.4 is 11.1 Å². The highest BCUT2D eigenvalue weighted by molar-refractivity contribution is 5.85. The molecule has 3 N–H and O–H groups in total. The van der Waals surface area contributed by atoms with Crippen LogP contribution in [0.4, 0.5) is 5.69 Å². The third-order valence-electron chi connectivity index (χ3n) is 3.19. The molecule has 0 aliphatic heterocycles. The summed E-state index contributed by atoms with van der Waals surface area (Å²) in [7, 11) is 0. The molecule has 0 aliphatic carbocycles. The van der Waals surface area contributed by atoms with Crippen LogP contribution >= 0.6 is 12.4 Å². The van der Waals surface area contributed by atoms with Crippen molar-refractivity contribution in [2.75, 3.05) is 5.73 Å². The zero-order valence-corrected chi connectivity index (χ0v) is 12.0. The number of carbonyl (C=O) groups is 1. The molecule has 0 bridgehead atoms. The van der Waals surface area contributed by atoms with Crippen LogP contribution in [0.1, 0.15) is 39.3 Å². The minimum atomic E-state index is -0.120. The Hall–Kier alpha value is -1.29. The van der Waals surface area contributed by atoms with Crippen molar-refractivity contribution in [3.05, 3.63) is 24.0 Å². The second-order valence-electron chi connectivity index (χ2n) is 4.58. The maximum atomic E-state index is 11.8. The van der Waals surface area contributed by atoms with E-state index in [-0.39, 0.29) is 23.9 Å². The van der Waals surface area contributed by atoms with Crippen molar-refractivity contribution in [1.29, 1.82) is 0 Å². The summed E-state index contributed by atoms with van der Waals surface area (Å²) in [4.78, 5) is 16.0. The van der Waals surface area contributed by atoms with Gasteiger partial charge in [-0.2, -0.15) is 0 Å². The molecule has 0 spiro atoms. The quantitative estimate of drug-likeness (QED) is 0.864. The summed E-state index contributed by atoms with van der Waals surface area (Å²) in [5.41, 5.74) is 6.77. The lowest BCUT2D eigenvalue weighted by atomic mass is 9.95. The van der Waals surface area contributed by atoms with E-state index < -0.39 is 0 Å². The molecular weight excluding hydrogens is 250 g/mol. The molecule has 1 aromatic heterocycles. The summed E-state index contributed by atoms with van der Waals surface area (Å²) in [6.07, 6.45) is 3.71. The second-order valence-corrected chi connectivity index (χ2v) is 4.58. The first-order chi connectivity index (χ1) is 7.99. The van der Waals surface area contributed by atoms with Crippen LogP contribution in [0.2, 0.25) is 0 Å². The summed E-state index contributed by atoms with van der Waals surface area (Å²) in [6.45, 7) is 6.21. The second kappa shape index (κ2) is 7.21. The van der Waals surface area contributed by atoms with Gasteiger partial charge in [-0.3, -0.25) is 9.78 Å². The van der Waals surface area contributed by atoms with E-state index in [9.17, 15) is 4.79 Å². The standard InChI is InChI=1S/C13H21N3O.ClH/c1-4-13(3,5-2)16-12(17)8-11-7-6-10(14)9-15-11;/h6-7,9H,4-5,8,14H2,1-3H3,(H,16,17);1H. The van der Waals surface area contributed by atoms with E-state index in [1.165, 1.54) is 0 Å². The molecule has 1 aromatic rings. The number of halogens is 1. The molecule has 1 heterocycles. The number of hydrogen-bond donors (Lipinski definition) is 2. The van der Waals surface area contributed by atoms with E-state index in [1.54, 1.807) is 18.3 Å². The maximum Gasteiger partial charge on any atom is 0.226 e. The fourth-order valence-corrected chi connectivity index (χ4v) is 1.51. The van der Waals surface area contributed by atoms with Gasteiger partial charge in [0.2, 0.25) is 5.91 Å². The van der Waals surface area contributed by atoms with Gasteiger partial charge in [-0.05, 0) is 31.9 Å². The van der Waals surface area contributed by atoms with Crippen molar-refractivity contribution >= 4 is 24.0 Å². The van der Waals surface area contributed by atoms with Crippen LogP contribution in [0.3, 0.4) is 0 Å². The van der Waals surface area contributed by atoms with Gasteiger partial charge in [0.05, 0.1) is 18.3 Å². The number of pyridine rings is 1. The highest BCUT2D eigenvalue weighted by Gasteiger charge is 2.21. The maximum absolute atomic E-state index is 11.8. The fraction of sp³-hybridized carbons (Fsp3) is 0.538. The Balaban J connectivity index is 0.00000289. The van der Waals surface area contributed by atoms with Crippen molar-refractivity contribution in [3.8, 4) is 0 Å². The lowest BCUT2D eigenvalue weighted by molar-refractivity contribution is -0.122. The highest BCUT2D eigenvalue weighted by atomic mass is 35.5. The average molecular weight is 272 g/mol. The Kier molecular flexibility index (Phi) is 6.70. The topological polar surface area (TPSA) is 68.0 Å². The largest absolute Gasteiger partial charge is 0.397 e. The molecule has 18 heavy (non-hydrogen) atoms. The first-order valence-corrected chi connectivity index (χ1v) is 6.00. The lowest BCUT2D eigenvalue weighted by Gasteiger charge is -2.28. The number of amides is 1. The molecule has 102 valence electrons. The van der Waals surface area contributed by atoms with E-state index in [1.807, 2.05) is 0 Å². The lowest BCUT2D eigenvalue weighted by Crippen LogP contribution is -2.45. The molecule has 0 radical (unpaired) electrons. The van der Waals surface area contributed by atoms with Gasteiger partial charge in [-0.25, -0.2) is 0 Å². The van der Waals surface area contributed by atoms with Crippen LogP contribution in [-0.2, 0) is 11.2 Å². The normalized spacial score (nSPS) is 10.6. The van der Waals surface area contributed by atoms with Gasteiger partial charge in [0.15, 0.2) is 0 Å². The summed E-state index contributed by atoms with van der Waals surface area (Å²) in [5, 5.41) is 3.05. The van der Waals surface area contributed by atoms with E-state index in [2.05, 4.69) is 31.1 Å². The van der Waals surface area contributed by atoms with Gasteiger partial charge in [-0.1, -0.05) is 13.8 Å². The molecule has 0 saturated carbocycles. The molecule has 0 saturated heterocycles. The van der Waals surface area contributed by atoms with E-state index >= 15 is 0 Å². The van der Waals surface area contributed by atoms with Gasteiger partial charge in [-0.15, -0.1) is 12.4 Å². The molecule has 0 aliphatic rings. The summed E-state index contributed by atoms with van der Waals surface area (Å²) in [5.74, 6) is 0.00784. The SMILES string of the molecule is CCC(C)(CC)NC(=O)Cc1ccc(N)cn1.Cl. The number of carbonyl (C=O) groups excluding carboxylic acids is 1. The van der Waals surface area contributed by atoms with Gasteiger partial charge < -0.3 is 11.1 Å². The van der Waals surface area contributed by atoms with Crippen molar-refractivity contribution in [3.63, 3.8) is 0 Å². The van der Waals surface area contributed by atoms with E-state index in [4.69, 9.17) is 5.73 Å². The molecule has 5 heteroatoms. The molecule has 4 nitrogen and oxygen atoms in total. The number of nitrogen functional groups attached to an aromatic ring is 1. The third kappa shape index (κ3) is 4.92. The number of hydrogen-bond acceptors (Lipinski definition) is 3. The van der Waals surface area contributed by atoms with Gasteiger partial charge in [0.1, 0.15) is 0 Å². The highest BCUT2D eigenvalue weighted by Crippen LogP contribution is 2.13. The van der Waals surface area contributed by atoms with Crippen molar-refractivity contribution in [2.45, 2.75) is 45.6 Å². The van der Waals surface area contributed by atoms with Crippen LogP contribution in [-0.4, -0.2) is 16.4 Å². The fourth-order valence-electron chi connectivity index (χ4n) is 1.51. The van der Waals surface area contributed by atoms with E-state index in [0.717, 1.165) is 18.5 Å². The van der Waals surface area contributed by atoms with Crippen molar-refractivity contribution in [2.24, 2.45) is 0 Å². The van der Waals surface area contributed by atoms with E-state index in [0.29, 0.717) is 12.1 Å². The smallest absolute Gasteiger partial charge is 0.226 e. The average Bonchev–Trinajstić information content (AvgIpc) is 2.32. The van der Waals surface area contributed by atoms with Gasteiger partial charge >= 0.3 is 0 Å². The minimum Gasteiger partial charge on any atom is -0.397 e. The summed E-state index contributed by atoms with van der Waals surface area (Å²) in [6, 6.07) is 3.54. The Morgan fingerprint density at radius 2 is 2.00 bits per heavy atom. The number of aromatic nitrogens is 1. The van der Waals surface area contributed by atoms with Gasteiger partial charge in [0, 0.05) is 11.2 Å². The third-order valence-corrected chi connectivity index (χ3v) is 3.19. The molecule has 0 aromatic carbocycles. The predicted molar refractivity (Wildman–Crippen MR) is 76.7 cm³/mol. The van der Waals surface area contributed by atoms with Crippen LogP contribution in [0.15, 0.2) is 18.3 Å². The Bertz CT molecular complexity index is 374. The molecule has 0 atom stereocenters. The van der Waals surface area contributed by atoms with Crippen LogP contribution in [0, 0.1) is 0 Å². The van der Waals surface area contributed by atoms with Crippen LogP contribution in [0.25, 0.3) is 0 Å². The predicted octanol–water partition coefficient (Wildman–Crippen LogP) is 2.32. The number of nitrogens with two attached hydrogens (primary N) is 1. The zero-order valence-electron chi connectivity index (χ0n) is 11.2. The zero-order chi connectivity index (χ0) is 12.9. The molecule has 0 unspecified atom stereocenters. The summed E-state index contributed by atoms with van der Waals surface area (Å²) >= 11 is 0. The Morgan fingerprint density at radius 3 is 2.44 bits per heavy atom. The van der Waals surface area contributed by atoms with Crippen molar-refractivity contribution < 1.29 is 4.79 Å². The Morgan fingerprint density at radius 1 is 1.39 bits per heavy atom. The van der Waals surface area contributed by atoms with Crippen molar-refractivity contribution in [1.82, 2.24) is 10.3 Å². The monoisotopic (exact) mass is 271 g/mol. The first kappa shape index (κ1) is 16.7. The molecular formula is C13H22ClN3O. The number of nitrogens with one attached hydrogen (secondary N) is 1. The number of rotatable bonds is 5.